The van der Waals surface area contributed by atoms with Crippen molar-refractivity contribution >= 4 is 24.6 Å². The first kappa shape index (κ1) is 16.1. The van der Waals surface area contributed by atoms with Gasteiger partial charge in [-0.05, 0) is 13.3 Å². The predicted octanol–water partition coefficient (Wildman–Crippen LogP) is 1.29. The number of hydrogen-bond donors (Lipinski definition) is 2. The van der Waals surface area contributed by atoms with Gasteiger partial charge in [-0.25, -0.2) is 4.79 Å². The number of carbonyl (C=O) groups is 2. The van der Waals surface area contributed by atoms with E-state index in [9.17, 15) is 9.59 Å². The third-order valence-electron chi connectivity index (χ3n) is 2.31. The van der Waals surface area contributed by atoms with Crippen molar-refractivity contribution in [2.24, 2.45) is 0 Å². The van der Waals surface area contributed by atoms with Gasteiger partial charge in [0.05, 0.1) is 6.61 Å². The van der Waals surface area contributed by atoms with Crippen LogP contribution in [0.15, 0.2) is 0 Å². The normalized spacial score (nSPS) is 11.8. The quantitative estimate of drug-likeness (QED) is 0.537. The topological polar surface area (TPSA) is 58.6 Å². The number of hydrogen-bond acceptors (Lipinski definition) is 4. The van der Waals surface area contributed by atoms with Crippen LogP contribution in [-0.2, 0) is 9.53 Å². The maximum absolute atomic E-state index is 11.6. The van der Waals surface area contributed by atoms with E-state index in [2.05, 4.69) is 17.9 Å². The fourth-order valence-corrected chi connectivity index (χ4v) is 1.62. The molecule has 0 bridgehead atoms. The zero-order chi connectivity index (χ0) is 13.3. The van der Waals surface area contributed by atoms with E-state index in [0.29, 0.717) is 13.2 Å². The molecule has 100 valence electrons. The molecule has 17 heavy (non-hydrogen) atoms. The van der Waals surface area contributed by atoms with Gasteiger partial charge < -0.3 is 10.1 Å². The largest absolute Gasteiger partial charge is 0.449 e. The summed E-state index contributed by atoms with van der Waals surface area (Å²) in [6, 6.07) is -0.590. The van der Waals surface area contributed by atoms with Crippen molar-refractivity contribution in [2.45, 2.75) is 32.7 Å². The predicted molar refractivity (Wildman–Crippen MR) is 70.3 cm³/mol. The summed E-state index contributed by atoms with van der Waals surface area (Å²) in [4.78, 5) is 24.5. The van der Waals surface area contributed by atoms with Crippen LogP contribution < -0.4 is 5.32 Å². The van der Waals surface area contributed by atoms with Gasteiger partial charge in [0.15, 0.2) is 0 Å². The van der Waals surface area contributed by atoms with Crippen molar-refractivity contribution in [2.75, 3.05) is 26.0 Å². The fraction of sp³-hybridized carbons (Fsp3) is 0.818. The number of rotatable bonds is 7. The summed E-state index contributed by atoms with van der Waals surface area (Å²) >= 11 is 4.08. The molecule has 0 aromatic heterocycles. The van der Waals surface area contributed by atoms with E-state index in [1.54, 1.807) is 7.05 Å². The summed E-state index contributed by atoms with van der Waals surface area (Å²) in [7, 11) is 1.55. The van der Waals surface area contributed by atoms with E-state index in [1.165, 1.54) is 4.90 Å². The standard InChI is InChI=1S/C11H22N2O3S/c1-4-6-7-16-11(15)13(3)9(8-17)10(14)12-5-2/h9,17H,4-8H2,1-3H3,(H,12,14)/t9-/m0/s1. The number of carbonyl (C=O) groups excluding carboxylic acids is 2. The molecule has 0 aromatic carbocycles. The van der Waals surface area contributed by atoms with Gasteiger partial charge in [-0.1, -0.05) is 13.3 Å². The fourth-order valence-electron chi connectivity index (χ4n) is 1.21. The van der Waals surface area contributed by atoms with Crippen molar-refractivity contribution < 1.29 is 14.3 Å². The zero-order valence-corrected chi connectivity index (χ0v) is 11.6. The molecule has 0 fully saturated rings. The minimum Gasteiger partial charge on any atom is -0.449 e. The molecule has 1 N–H and O–H groups in total. The second-order valence-electron chi connectivity index (χ2n) is 3.67. The molecule has 0 unspecified atom stereocenters. The molecule has 0 saturated heterocycles. The monoisotopic (exact) mass is 262 g/mol. The second kappa shape index (κ2) is 9.15. The molecule has 0 aliphatic rings. The average molecular weight is 262 g/mol. The van der Waals surface area contributed by atoms with E-state index in [0.717, 1.165) is 12.8 Å². The average Bonchev–Trinajstić information content (AvgIpc) is 2.30. The van der Waals surface area contributed by atoms with Gasteiger partial charge in [0, 0.05) is 19.3 Å². The molecule has 0 spiro atoms. The van der Waals surface area contributed by atoms with E-state index in [1.807, 2.05) is 13.8 Å². The van der Waals surface area contributed by atoms with Crippen LogP contribution in [0.1, 0.15) is 26.7 Å². The molecule has 0 radical (unpaired) electrons. The number of thiol groups is 1. The molecule has 6 heteroatoms. The van der Waals surface area contributed by atoms with Crippen LogP contribution in [0.25, 0.3) is 0 Å². The van der Waals surface area contributed by atoms with Gasteiger partial charge in [-0.15, -0.1) is 0 Å². The maximum Gasteiger partial charge on any atom is 0.410 e. The second-order valence-corrected chi connectivity index (χ2v) is 4.04. The number of unbranched alkanes of at least 4 members (excludes halogenated alkanes) is 1. The highest BCUT2D eigenvalue weighted by Crippen LogP contribution is 2.03. The minimum atomic E-state index is -0.590. The van der Waals surface area contributed by atoms with Crippen LogP contribution in [0.3, 0.4) is 0 Å². The lowest BCUT2D eigenvalue weighted by molar-refractivity contribution is -0.124. The lowest BCUT2D eigenvalue weighted by atomic mass is 10.3. The Morgan fingerprint density at radius 1 is 1.41 bits per heavy atom. The third-order valence-corrected chi connectivity index (χ3v) is 2.65. The van der Waals surface area contributed by atoms with E-state index in [4.69, 9.17) is 4.74 Å². The summed E-state index contributed by atoms with van der Waals surface area (Å²) in [5, 5.41) is 2.66. The molecule has 2 amide bonds. The van der Waals surface area contributed by atoms with Gasteiger partial charge in [0.2, 0.25) is 5.91 Å². The number of likely N-dealkylation sites (N-methyl/N-ethyl adjacent to an activating group) is 2. The number of amides is 2. The molecule has 5 nitrogen and oxygen atoms in total. The van der Waals surface area contributed by atoms with Crippen LogP contribution in [0, 0.1) is 0 Å². The molecule has 0 rings (SSSR count). The van der Waals surface area contributed by atoms with Crippen molar-refractivity contribution in [3.8, 4) is 0 Å². The first-order chi connectivity index (χ1) is 8.08. The van der Waals surface area contributed by atoms with Crippen LogP contribution in [-0.4, -0.2) is 48.9 Å². The van der Waals surface area contributed by atoms with Gasteiger partial charge in [-0.2, -0.15) is 12.6 Å². The van der Waals surface area contributed by atoms with E-state index < -0.39 is 12.1 Å². The molecule has 0 saturated carbocycles. The van der Waals surface area contributed by atoms with Crippen LogP contribution in [0.5, 0.6) is 0 Å². The summed E-state index contributed by atoms with van der Waals surface area (Å²) in [5.74, 6) is 0.0584. The summed E-state index contributed by atoms with van der Waals surface area (Å²) in [5.41, 5.74) is 0. The van der Waals surface area contributed by atoms with Gasteiger partial charge >= 0.3 is 6.09 Å². The molecule has 0 aromatic rings. The Morgan fingerprint density at radius 3 is 2.53 bits per heavy atom. The van der Waals surface area contributed by atoms with Crippen molar-refractivity contribution in [3.63, 3.8) is 0 Å². The summed E-state index contributed by atoms with van der Waals surface area (Å²) in [6.45, 7) is 4.76. The SMILES string of the molecule is CCCCOC(=O)N(C)[C@@H](CS)C(=O)NCC. The van der Waals surface area contributed by atoms with Crippen molar-refractivity contribution in [3.05, 3.63) is 0 Å². The Balaban J connectivity index is 4.26. The van der Waals surface area contributed by atoms with Crippen LogP contribution in [0.2, 0.25) is 0 Å². The first-order valence-corrected chi connectivity index (χ1v) is 6.49. The highest BCUT2D eigenvalue weighted by atomic mass is 32.1. The zero-order valence-electron chi connectivity index (χ0n) is 10.7. The molecular weight excluding hydrogens is 240 g/mol. The van der Waals surface area contributed by atoms with Gasteiger partial charge in [0.1, 0.15) is 6.04 Å². The first-order valence-electron chi connectivity index (χ1n) is 5.86. The smallest absolute Gasteiger partial charge is 0.410 e. The Kier molecular flexibility index (Phi) is 8.66. The molecule has 0 aliphatic heterocycles. The Morgan fingerprint density at radius 2 is 2.06 bits per heavy atom. The summed E-state index contributed by atoms with van der Waals surface area (Å²) in [6.07, 6.45) is 1.30. The van der Waals surface area contributed by atoms with Crippen molar-refractivity contribution in [1.29, 1.82) is 0 Å². The molecular formula is C11H22N2O3S. The van der Waals surface area contributed by atoms with E-state index >= 15 is 0 Å². The number of nitrogens with zero attached hydrogens (tertiary/aromatic N) is 1. The van der Waals surface area contributed by atoms with Gasteiger partial charge in [0.25, 0.3) is 0 Å². The highest BCUT2D eigenvalue weighted by molar-refractivity contribution is 7.80. The lowest BCUT2D eigenvalue weighted by Crippen LogP contribution is -2.49. The van der Waals surface area contributed by atoms with Crippen LogP contribution >= 0.6 is 12.6 Å². The molecule has 0 heterocycles. The summed E-state index contributed by atoms with van der Waals surface area (Å²) < 4.78 is 5.03. The number of ether oxygens (including phenoxy) is 1. The van der Waals surface area contributed by atoms with E-state index in [-0.39, 0.29) is 11.7 Å². The Bertz CT molecular complexity index is 249. The van der Waals surface area contributed by atoms with Crippen molar-refractivity contribution in [1.82, 2.24) is 10.2 Å². The third kappa shape index (κ3) is 5.81. The van der Waals surface area contributed by atoms with Crippen LogP contribution in [0.4, 0.5) is 4.79 Å². The number of nitrogens with one attached hydrogen (secondary N) is 1. The maximum atomic E-state index is 11.6. The minimum absolute atomic E-state index is 0.211. The molecule has 0 aliphatic carbocycles. The lowest BCUT2D eigenvalue weighted by Gasteiger charge is -2.25. The molecule has 1 atom stereocenters. The Labute approximate surface area is 108 Å². The Hall–Kier alpha value is -0.910. The highest BCUT2D eigenvalue weighted by Gasteiger charge is 2.25. The van der Waals surface area contributed by atoms with Gasteiger partial charge in [-0.3, -0.25) is 9.69 Å².